The number of hydrogen-bond donors (Lipinski definition) is 3. The summed E-state index contributed by atoms with van der Waals surface area (Å²) in [6.07, 6.45) is 2.77. The van der Waals surface area contributed by atoms with Gasteiger partial charge in [-0.25, -0.2) is 0 Å². The highest BCUT2D eigenvalue weighted by atomic mass is 16.3. The van der Waals surface area contributed by atoms with Crippen molar-refractivity contribution in [3.05, 3.63) is 0 Å². The van der Waals surface area contributed by atoms with Gasteiger partial charge in [-0.2, -0.15) is 0 Å². The molecule has 0 aromatic rings. The van der Waals surface area contributed by atoms with Crippen LogP contribution in [0.15, 0.2) is 0 Å². The van der Waals surface area contributed by atoms with Crippen molar-refractivity contribution in [2.45, 2.75) is 24.9 Å². The number of carbonyl (C=O) groups excluding carboxylic acids is 1. The average molecular weight is 184 g/mol. The predicted molar refractivity (Wildman–Crippen MR) is 48.2 cm³/mol. The van der Waals surface area contributed by atoms with Crippen LogP contribution in [0, 0.1) is 5.92 Å². The first kappa shape index (κ1) is 8.97. The van der Waals surface area contributed by atoms with Gasteiger partial charge in [0.1, 0.15) is 0 Å². The van der Waals surface area contributed by atoms with Crippen LogP contribution in [0.25, 0.3) is 0 Å². The van der Waals surface area contributed by atoms with Gasteiger partial charge in [0, 0.05) is 19.0 Å². The number of β-amino-alcohol motifs (C(OH)–C–C–N with tert-alkyl or cyclic N) is 1. The fourth-order valence-corrected chi connectivity index (χ4v) is 1.62. The summed E-state index contributed by atoms with van der Waals surface area (Å²) in [5.74, 6) is 0.346. The molecule has 1 saturated carbocycles. The van der Waals surface area contributed by atoms with E-state index in [2.05, 4.69) is 10.6 Å². The molecule has 2 aliphatic rings. The van der Waals surface area contributed by atoms with Crippen LogP contribution in [0.1, 0.15) is 19.3 Å². The Morgan fingerprint density at radius 3 is 2.92 bits per heavy atom. The lowest BCUT2D eigenvalue weighted by atomic mass is 10.0. The lowest BCUT2D eigenvalue weighted by Crippen LogP contribution is -2.44. The molecule has 0 aromatic carbocycles. The van der Waals surface area contributed by atoms with Crippen LogP contribution in [0.4, 0.5) is 0 Å². The second-order valence-electron chi connectivity index (χ2n) is 4.14. The zero-order valence-corrected chi connectivity index (χ0v) is 7.68. The molecule has 4 heteroatoms. The number of hydrogen-bond acceptors (Lipinski definition) is 3. The SMILES string of the molecule is O=C(NCC1(O)CCNC1)C1CC1. The van der Waals surface area contributed by atoms with Gasteiger partial charge >= 0.3 is 0 Å². The van der Waals surface area contributed by atoms with E-state index in [4.69, 9.17) is 0 Å². The van der Waals surface area contributed by atoms with Crippen molar-refractivity contribution < 1.29 is 9.90 Å². The van der Waals surface area contributed by atoms with E-state index >= 15 is 0 Å². The molecule has 3 N–H and O–H groups in total. The summed E-state index contributed by atoms with van der Waals surface area (Å²) < 4.78 is 0. The molecule has 1 amide bonds. The van der Waals surface area contributed by atoms with E-state index in [1.54, 1.807) is 0 Å². The molecule has 74 valence electrons. The Kier molecular flexibility index (Phi) is 2.26. The van der Waals surface area contributed by atoms with E-state index in [0.29, 0.717) is 13.1 Å². The maximum Gasteiger partial charge on any atom is 0.223 e. The molecule has 2 fully saturated rings. The second kappa shape index (κ2) is 3.27. The smallest absolute Gasteiger partial charge is 0.223 e. The highest BCUT2D eigenvalue weighted by molar-refractivity contribution is 5.80. The summed E-state index contributed by atoms with van der Waals surface area (Å²) in [5, 5.41) is 15.7. The Bertz CT molecular complexity index is 208. The molecule has 4 nitrogen and oxygen atoms in total. The fourth-order valence-electron chi connectivity index (χ4n) is 1.62. The molecule has 0 aromatic heterocycles. The summed E-state index contributed by atoms with van der Waals surface area (Å²) in [4.78, 5) is 11.3. The third-order valence-corrected chi connectivity index (χ3v) is 2.76. The first-order valence-electron chi connectivity index (χ1n) is 4.90. The molecular weight excluding hydrogens is 168 g/mol. The Balaban J connectivity index is 1.74. The summed E-state index contributed by atoms with van der Waals surface area (Å²) >= 11 is 0. The Morgan fingerprint density at radius 2 is 2.38 bits per heavy atom. The summed E-state index contributed by atoms with van der Waals surface area (Å²) in [6.45, 7) is 1.84. The van der Waals surface area contributed by atoms with Crippen molar-refractivity contribution in [2.75, 3.05) is 19.6 Å². The van der Waals surface area contributed by atoms with Gasteiger partial charge in [0.05, 0.1) is 5.60 Å². The first-order valence-corrected chi connectivity index (χ1v) is 4.90. The zero-order chi connectivity index (χ0) is 9.31. The van der Waals surface area contributed by atoms with Gasteiger partial charge < -0.3 is 15.7 Å². The van der Waals surface area contributed by atoms with E-state index in [0.717, 1.165) is 25.8 Å². The molecule has 0 spiro atoms. The topological polar surface area (TPSA) is 61.4 Å². The third kappa shape index (κ3) is 2.19. The maximum atomic E-state index is 11.3. The van der Waals surface area contributed by atoms with Gasteiger partial charge in [0.15, 0.2) is 0 Å². The largest absolute Gasteiger partial charge is 0.387 e. The van der Waals surface area contributed by atoms with E-state index in [-0.39, 0.29) is 11.8 Å². The van der Waals surface area contributed by atoms with Crippen LogP contribution in [0.3, 0.4) is 0 Å². The summed E-state index contributed by atoms with van der Waals surface area (Å²) in [7, 11) is 0. The van der Waals surface area contributed by atoms with E-state index in [1.165, 1.54) is 0 Å². The van der Waals surface area contributed by atoms with Crippen molar-refractivity contribution in [3.8, 4) is 0 Å². The van der Waals surface area contributed by atoms with Crippen LogP contribution >= 0.6 is 0 Å². The van der Waals surface area contributed by atoms with E-state index in [9.17, 15) is 9.90 Å². The minimum Gasteiger partial charge on any atom is -0.387 e. The Morgan fingerprint density at radius 1 is 1.62 bits per heavy atom. The molecule has 1 saturated heterocycles. The lowest BCUT2D eigenvalue weighted by molar-refractivity contribution is -0.123. The van der Waals surface area contributed by atoms with E-state index < -0.39 is 5.60 Å². The standard InChI is InChI=1S/C9H16N2O2/c12-8(7-1-2-7)11-6-9(13)3-4-10-5-9/h7,10,13H,1-6H2,(H,11,12). The quantitative estimate of drug-likeness (QED) is 0.540. The van der Waals surface area contributed by atoms with Crippen LogP contribution < -0.4 is 10.6 Å². The molecule has 13 heavy (non-hydrogen) atoms. The molecule has 0 radical (unpaired) electrons. The van der Waals surface area contributed by atoms with Gasteiger partial charge in [-0.05, 0) is 25.8 Å². The van der Waals surface area contributed by atoms with Gasteiger partial charge in [0.25, 0.3) is 0 Å². The van der Waals surface area contributed by atoms with Gasteiger partial charge in [-0.15, -0.1) is 0 Å². The molecule has 1 atom stereocenters. The van der Waals surface area contributed by atoms with Crippen molar-refractivity contribution in [1.29, 1.82) is 0 Å². The highest BCUT2D eigenvalue weighted by Gasteiger charge is 2.34. The number of nitrogens with one attached hydrogen (secondary N) is 2. The van der Waals surface area contributed by atoms with Crippen molar-refractivity contribution in [2.24, 2.45) is 5.92 Å². The van der Waals surface area contributed by atoms with Crippen LogP contribution in [-0.4, -0.2) is 36.2 Å². The van der Waals surface area contributed by atoms with Crippen molar-refractivity contribution in [1.82, 2.24) is 10.6 Å². The first-order chi connectivity index (χ1) is 6.20. The van der Waals surface area contributed by atoms with Gasteiger partial charge in [-0.1, -0.05) is 0 Å². The molecular formula is C9H16N2O2. The summed E-state index contributed by atoms with van der Waals surface area (Å²) in [5.41, 5.74) is -0.704. The number of rotatable bonds is 3. The Labute approximate surface area is 77.7 Å². The van der Waals surface area contributed by atoms with Gasteiger partial charge in [-0.3, -0.25) is 4.79 Å². The normalized spacial score (nSPS) is 33.3. The Hall–Kier alpha value is -0.610. The van der Waals surface area contributed by atoms with Gasteiger partial charge in [0.2, 0.25) is 5.91 Å². The maximum absolute atomic E-state index is 11.3. The second-order valence-corrected chi connectivity index (χ2v) is 4.14. The fraction of sp³-hybridized carbons (Fsp3) is 0.889. The summed E-state index contributed by atoms with van der Waals surface area (Å²) in [6, 6.07) is 0. The van der Waals surface area contributed by atoms with E-state index in [1.807, 2.05) is 0 Å². The van der Waals surface area contributed by atoms with Crippen LogP contribution in [0.5, 0.6) is 0 Å². The molecule has 1 aliphatic carbocycles. The number of amides is 1. The predicted octanol–water partition coefficient (Wildman–Crippen LogP) is -0.763. The molecule has 2 rings (SSSR count). The monoisotopic (exact) mass is 184 g/mol. The average Bonchev–Trinajstić information content (AvgIpc) is 2.87. The van der Waals surface area contributed by atoms with Crippen molar-refractivity contribution >= 4 is 5.91 Å². The number of carbonyl (C=O) groups is 1. The molecule has 1 aliphatic heterocycles. The minimum absolute atomic E-state index is 0.111. The lowest BCUT2D eigenvalue weighted by Gasteiger charge is -2.21. The minimum atomic E-state index is -0.704. The van der Waals surface area contributed by atoms with Crippen LogP contribution in [0.2, 0.25) is 0 Å². The molecule has 1 heterocycles. The van der Waals surface area contributed by atoms with Crippen molar-refractivity contribution in [3.63, 3.8) is 0 Å². The highest BCUT2D eigenvalue weighted by Crippen LogP contribution is 2.28. The van der Waals surface area contributed by atoms with Crippen LogP contribution in [-0.2, 0) is 4.79 Å². The number of aliphatic hydroxyl groups is 1. The zero-order valence-electron chi connectivity index (χ0n) is 7.68. The molecule has 0 bridgehead atoms. The third-order valence-electron chi connectivity index (χ3n) is 2.76. The molecule has 1 unspecified atom stereocenters.